The summed E-state index contributed by atoms with van der Waals surface area (Å²) in [5, 5.41) is 3.19. The van der Waals surface area contributed by atoms with Crippen LogP contribution in [0.1, 0.15) is 51.8 Å². The number of unbranched alkanes of at least 4 members (excludes halogenated alkanes) is 1. The summed E-state index contributed by atoms with van der Waals surface area (Å²) in [6, 6.07) is 10.4. The molecule has 1 saturated heterocycles. The summed E-state index contributed by atoms with van der Waals surface area (Å²) in [5.74, 6) is -0.707. The second-order valence-electron chi connectivity index (χ2n) is 8.81. The van der Waals surface area contributed by atoms with Crippen molar-refractivity contribution in [1.29, 1.82) is 0 Å². The summed E-state index contributed by atoms with van der Waals surface area (Å²) in [6.45, 7) is 3.94. The zero-order chi connectivity index (χ0) is 25.2. The number of alkyl halides is 3. The van der Waals surface area contributed by atoms with E-state index < -0.39 is 29.1 Å². The monoisotopic (exact) mass is 487 g/mol. The fourth-order valence-electron chi connectivity index (χ4n) is 4.27. The molecule has 0 radical (unpaired) electrons. The first-order valence-corrected chi connectivity index (χ1v) is 11.7. The Morgan fingerprint density at radius 2 is 1.77 bits per heavy atom. The largest absolute Gasteiger partial charge is 0.460 e. The Balaban J connectivity index is 1.64. The molecule has 2 heterocycles. The van der Waals surface area contributed by atoms with Gasteiger partial charge in [-0.15, -0.1) is 0 Å². The van der Waals surface area contributed by atoms with Gasteiger partial charge in [-0.05, 0) is 37.7 Å². The molecule has 0 atom stereocenters. The highest BCUT2D eigenvalue weighted by Crippen LogP contribution is 2.35. The van der Waals surface area contributed by atoms with Crippen molar-refractivity contribution in [3.05, 3.63) is 64.9 Å². The number of para-hydroxylation sites is 1. The van der Waals surface area contributed by atoms with Crippen molar-refractivity contribution >= 4 is 28.5 Å². The molecule has 1 aromatic heterocycles. The van der Waals surface area contributed by atoms with E-state index in [0.29, 0.717) is 54.9 Å². The lowest BCUT2D eigenvalue weighted by atomic mass is 10.0. The summed E-state index contributed by atoms with van der Waals surface area (Å²) in [6.07, 6.45) is -2.51. The molecule has 9 heteroatoms. The molecular formula is C26H28F3N3O3. The first-order valence-electron chi connectivity index (χ1n) is 11.7. The summed E-state index contributed by atoms with van der Waals surface area (Å²) < 4.78 is 47.7. The average Bonchev–Trinajstić information content (AvgIpc) is 3.20. The molecule has 1 aliphatic heterocycles. The van der Waals surface area contributed by atoms with Crippen LogP contribution in [0.25, 0.3) is 11.0 Å². The predicted molar refractivity (Wildman–Crippen MR) is 128 cm³/mol. The number of amides is 2. The van der Waals surface area contributed by atoms with E-state index in [1.165, 1.54) is 11.0 Å². The van der Waals surface area contributed by atoms with Crippen LogP contribution < -0.4 is 5.32 Å². The molecule has 1 N–H and O–H groups in total. The number of aryl methyl sites for hydroxylation is 1. The van der Waals surface area contributed by atoms with Crippen molar-refractivity contribution in [2.24, 2.45) is 0 Å². The van der Waals surface area contributed by atoms with Gasteiger partial charge in [-0.2, -0.15) is 13.2 Å². The number of nitrogens with one attached hydrogen (secondary N) is 1. The van der Waals surface area contributed by atoms with Gasteiger partial charge in [-0.3, -0.25) is 9.59 Å². The Morgan fingerprint density at radius 1 is 1.06 bits per heavy atom. The lowest BCUT2D eigenvalue weighted by Gasteiger charge is -2.33. The minimum atomic E-state index is -4.76. The molecule has 4 rings (SSSR count). The van der Waals surface area contributed by atoms with Crippen LogP contribution in [0.15, 0.2) is 46.9 Å². The second kappa shape index (κ2) is 10.1. The lowest BCUT2D eigenvalue weighted by Crippen LogP contribution is -2.47. The molecule has 35 heavy (non-hydrogen) atoms. The van der Waals surface area contributed by atoms with Gasteiger partial charge in [0.25, 0.3) is 11.8 Å². The molecular weight excluding hydrogens is 459 g/mol. The molecule has 186 valence electrons. The minimum absolute atomic E-state index is 0.0380. The summed E-state index contributed by atoms with van der Waals surface area (Å²) in [5.41, 5.74) is -0.656. The molecule has 0 bridgehead atoms. The summed E-state index contributed by atoms with van der Waals surface area (Å²) in [7, 11) is 1.90. The zero-order valence-electron chi connectivity index (χ0n) is 19.7. The van der Waals surface area contributed by atoms with E-state index in [9.17, 15) is 22.8 Å². The van der Waals surface area contributed by atoms with Gasteiger partial charge in [0.05, 0.1) is 16.7 Å². The van der Waals surface area contributed by atoms with Crippen LogP contribution >= 0.6 is 0 Å². The molecule has 1 fully saturated rings. The topological polar surface area (TPSA) is 65.8 Å². The van der Waals surface area contributed by atoms with Crippen LogP contribution in [0.4, 0.5) is 18.9 Å². The van der Waals surface area contributed by atoms with E-state index >= 15 is 0 Å². The van der Waals surface area contributed by atoms with Crippen molar-refractivity contribution in [2.75, 3.05) is 38.5 Å². The molecule has 6 nitrogen and oxygen atoms in total. The first-order chi connectivity index (χ1) is 16.7. The fourth-order valence-corrected chi connectivity index (χ4v) is 4.27. The van der Waals surface area contributed by atoms with Crippen LogP contribution in [-0.2, 0) is 12.6 Å². The maximum absolute atomic E-state index is 13.9. The number of fused-ring (bicyclic) bond motifs is 1. The molecule has 2 aromatic carbocycles. The van der Waals surface area contributed by atoms with Crippen molar-refractivity contribution < 1.29 is 27.2 Å². The third-order valence-electron chi connectivity index (χ3n) is 6.26. The van der Waals surface area contributed by atoms with Crippen molar-refractivity contribution in [3.63, 3.8) is 0 Å². The zero-order valence-corrected chi connectivity index (χ0v) is 19.7. The second-order valence-corrected chi connectivity index (χ2v) is 8.81. The maximum atomic E-state index is 13.9. The molecule has 2 amide bonds. The maximum Gasteiger partial charge on any atom is 0.417 e. The van der Waals surface area contributed by atoms with Crippen molar-refractivity contribution in [2.45, 2.75) is 32.4 Å². The number of hydrogen-bond donors (Lipinski definition) is 1. The Morgan fingerprint density at radius 3 is 2.46 bits per heavy atom. The van der Waals surface area contributed by atoms with Crippen LogP contribution in [0.2, 0.25) is 0 Å². The Kier molecular flexibility index (Phi) is 7.16. The molecule has 0 spiro atoms. The lowest BCUT2D eigenvalue weighted by molar-refractivity contribution is -0.138. The van der Waals surface area contributed by atoms with Crippen LogP contribution in [0.3, 0.4) is 0 Å². The number of benzene rings is 2. The number of halogens is 3. The molecule has 0 unspecified atom stereocenters. The number of carbonyl (C=O) groups excluding carboxylic acids is 2. The normalized spacial score (nSPS) is 14.9. The number of hydrogen-bond acceptors (Lipinski definition) is 4. The van der Waals surface area contributed by atoms with Gasteiger partial charge in [0.15, 0.2) is 0 Å². The summed E-state index contributed by atoms with van der Waals surface area (Å²) in [4.78, 5) is 29.5. The Hall–Kier alpha value is -3.33. The van der Waals surface area contributed by atoms with E-state index in [1.807, 2.05) is 18.9 Å². The minimum Gasteiger partial charge on any atom is -0.460 e. The van der Waals surface area contributed by atoms with E-state index in [1.54, 1.807) is 24.3 Å². The Labute approximate surface area is 201 Å². The van der Waals surface area contributed by atoms with E-state index in [0.717, 1.165) is 25.0 Å². The van der Waals surface area contributed by atoms with Gasteiger partial charge in [0.1, 0.15) is 11.3 Å². The SMILES string of the molecule is CCCCc1oc2ccccc2c1C(=O)Nc1ccc(C(=O)N2CCN(C)CC2)c(C(F)(F)F)c1. The molecule has 1 aliphatic rings. The van der Waals surface area contributed by atoms with Gasteiger partial charge in [-0.25, -0.2) is 0 Å². The third-order valence-corrected chi connectivity index (χ3v) is 6.26. The van der Waals surface area contributed by atoms with Crippen LogP contribution in [-0.4, -0.2) is 54.8 Å². The van der Waals surface area contributed by atoms with E-state index in [4.69, 9.17) is 4.42 Å². The van der Waals surface area contributed by atoms with Crippen molar-refractivity contribution in [1.82, 2.24) is 9.80 Å². The highest BCUT2D eigenvalue weighted by Gasteiger charge is 2.37. The highest BCUT2D eigenvalue weighted by atomic mass is 19.4. The molecule has 0 saturated carbocycles. The van der Waals surface area contributed by atoms with Crippen LogP contribution in [0, 0.1) is 0 Å². The fraction of sp³-hybridized carbons (Fsp3) is 0.385. The Bertz CT molecular complexity index is 1230. The number of piperazine rings is 1. The third kappa shape index (κ3) is 5.35. The number of carbonyl (C=O) groups is 2. The molecule has 3 aromatic rings. The standard InChI is InChI=1S/C26H28F3N3O3/c1-3-4-8-22-23(19-7-5-6-9-21(19)35-22)24(33)30-17-10-11-18(20(16-17)26(27,28)29)25(34)32-14-12-31(2)13-15-32/h5-7,9-11,16H,3-4,8,12-15H2,1-2H3,(H,30,33). The number of rotatable bonds is 6. The number of nitrogens with zero attached hydrogens (tertiary/aromatic N) is 2. The predicted octanol–water partition coefficient (Wildman–Crippen LogP) is 5.43. The van der Waals surface area contributed by atoms with Crippen molar-refractivity contribution in [3.8, 4) is 0 Å². The van der Waals surface area contributed by atoms with Gasteiger partial charge >= 0.3 is 6.18 Å². The highest BCUT2D eigenvalue weighted by molar-refractivity contribution is 6.13. The first kappa shape index (κ1) is 24.8. The number of likely N-dealkylation sites (N-methyl/N-ethyl adjacent to an activating group) is 1. The van der Waals surface area contributed by atoms with Gasteiger partial charge in [0, 0.05) is 43.7 Å². The van der Waals surface area contributed by atoms with Gasteiger partial charge in [-0.1, -0.05) is 31.5 Å². The molecule has 0 aliphatic carbocycles. The van der Waals surface area contributed by atoms with Crippen LogP contribution in [0.5, 0.6) is 0 Å². The van der Waals surface area contributed by atoms with Gasteiger partial charge < -0.3 is 19.5 Å². The smallest absolute Gasteiger partial charge is 0.417 e. The van der Waals surface area contributed by atoms with Gasteiger partial charge in [0.2, 0.25) is 0 Å². The number of furan rings is 1. The van der Waals surface area contributed by atoms with E-state index in [2.05, 4.69) is 5.32 Å². The van der Waals surface area contributed by atoms with E-state index in [-0.39, 0.29) is 5.69 Å². The number of anilines is 1. The average molecular weight is 488 g/mol. The quantitative estimate of drug-likeness (QED) is 0.503. The summed E-state index contributed by atoms with van der Waals surface area (Å²) >= 11 is 0.